The van der Waals surface area contributed by atoms with Crippen molar-refractivity contribution < 1.29 is 9.53 Å². The summed E-state index contributed by atoms with van der Waals surface area (Å²) in [4.78, 5) is 11.7. The van der Waals surface area contributed by atoms with Gasteiger partial charge in [0.25, 0.3) is 0 Å². The molecule has 1 aliphatic carbocycles. The average Bonchev–Trinajstić information content (AvgIpc) is 3.03. The predicted molar refractivity (Wildman–Crippen MR) is 84.7 cm³/mol. The van der Waals surface area contributed by atoms with Crippen LogP contribution < -0.4 is 4.74 Å². The highest BCUT2D eigenvalue weighted by Crippen LogP contribution is 2.29. The molecule has 1 aromatic carbocycles. The number of carbonyl (C=O) groups is 1. The van der Waals surface area contributed by atoms with E-state index in [1.807, 2.05) is 26.0 Å². The molecule has 0 aliphatic heterocycles. The molecule has 0 bridgehead atoms. The lowest BCUT2D eigenvalue weighted by Crippen LogP contribution is -2.10. The molecule has 3 rings (SSSR count). The zero-order chi connectivity index (χ0) is 14.8. The molecule has 1 aliphatic rings. The van der Waals surface area contributed by atoms with Crippen molar-refractivity contribution in [2.45, 2.75) is 52.2 Å². The Morgan fingerprint density at radius 1 is 1.33 bits per heavy atom. The number of ether oxygens (including phenoxy) is 1. The Labute approximate surface area is 125 Å². The van der Waals surface area contributed by atoms with E-state index in [9.17, 15) is 4.79 Å². The van der Waals surface area contributed by atoms with Crippen molar-refractivity contribution in [2.75, 3.05) is 0 Å². The molecule has 2 aromatic rings. The van der Waals surface area contributed by atoms with Crippen LogP contribution in [0, 0.1) is 5.92 Å². The van der Waals surface area contributed by atoms with Crippen molar-refractivity contribution in [3.63, 3.8) is 0 Å². The molecule has 21 heavy (non-hydrogen) atoms. The molecule has 0 amide bonds. The van der Waals surface area contributed by atoms with Gasteiger partial charge in [0.15, 0.2) is 0 Å². The molecule has 0 radical (unpaired) electrons. The molecule has 1 aromatic heterocycles. The van der Waals surface area contributed by atoms with E-state index in [1.54, 1.807) is 0 Å². The van der Waals surface area contributed by atoms with E-state index in [0.29, 0.717) is 5.78 Å². The first kappa shape index (κ1) is 14.2. The molecule has 3 nitrogen and oxygen atoms in total. The molecule has 0 N–H and O–H groups in total. The number of ketones is 1. The van der Waals surface area contributed by atoms with E-state index in [1.165, 1.54) is 5.52 Å². The molecule has 0 spiro atoms. The first-order valence-electron chi connectivity index (χ1n) is 7.92. The third-order valence-electron chi connectivity index (χ3n) is 4.29. The number of nitrogens with zero attached hydrogens (tertiary/aromatic N) is 1. The lowest BCUT2D eigenvalue weighted by Gasteiger charge is -2.12. The van der Waals surface area contributed by atoms with E-state index in [2.05, 4.69) is 22.9 Å². The number of aromatic nitrogens is 1. The van der Waals surface area contributed by atoms with Crippen molar-refractivity contribution in [3.8, 4) is 5.75 Å². The number of hydrogen-bond donors (Lipinski definition) is 0. The van der Waals surface area contributed by atoms with Gasteiger partial charge < -0.3 is 9.30 Å². The SMILES string of the molecule is CC(C)Oc1cccc2c1ccn2CCC1CCCC1=O. The van der Waals surface area contributed by atoms with Gasteiger partial charge in [0.2, 0.25) is 0 Å². The fourth-order valence-electron chi connectivity index (χ4n) is 3.23. The molecule has 1 unspecified atom stereocenters. The minimum absolute atomic E-state index is 0.176. The number of fused-ring (bicyclic) bond motifs is 1. The highest BCUT2D eigenvalue weighted by atomic mass is 16.5. The summed E-state index contributed by atoms with van der Waals surface area (Å²) in [6, 6.07) is 8.30. The van der Waals surface area contributed by atoms with Crippen LogP contribution >= 0.6 is 0 Å². The number of hydrogen-bond acceptors (Lipinski definition) is 2. The van der Waals surface area contributed by atoms with Gasteiger partial charge in [-0.2, -0.15) is 0 Å². The van der Waals surface area contributed by atoms with Crippen molar-refractivity contribution in [1.82, 2.24) is 4.57 Å². The molecule has 112 valence electrons. The second-order valence-corrected chi connectivity index (χ2v) is 6.21. The first-order chi connectivity index (χ1) is 10.1. The summed E-state index contributed by atoms with van der Waals surface area (Å²) in [6.45, 7) is 4.99. The van der Waals surface area contributed by atoms with Crippen LogP contribution in [0.5, 0.6) is 5.75 Å². The van der Waals surface area contributed by atoms with Gasteiger partial charge in [-0.25, -0.2) is 0 Å². The van der Waals surface area contributed by atoms with Crippen LogP contribution in [-0.2, 0) is 11.3 Å². The van der Waals surface area contributed by atoms with Gasteiger partial charge in [-0.15, -0.1) is 0 Å². The summed E-state index contributed by atoms with van der Waals surface area (Å²) >= 11 is 0. The summed E-state index contributed by atoms with van der Waals surface area (Å²) < 4.78 is 8.11. The van der Waals surface area contributed by atoms with Crippen LogP contribution in [0.1, 0.15) is 39.5 Å². The van der Waals surface area contributed by atoms with Crippen LogP contribution in [-0.4, -0.2) is 16.5 Å². The molecule has 1 saturated carbocycles. The maximum atomic E-state index is 11.7. The first-order valence-corrected chi connectivity index (χ1v) is 7.92. The Bertz CT molecular complexity index is 642. The van der Waals surface area contributed by atoms with Gasteiger partial charge in [0, 0.05) is 30.5 Å². The molecule has 3 heteroatoms. The highest BCUT2D eigenvalue weighted by molar-refractivity contribution is 5.86. The Balaban J connectivity index is 1.78. The number of benzene rings is 1. The Morgan fingerprint density at radius 2 is 2.19 bits per heavy atom. The molecule has 0 saturated heterocycles. The molecular formula is C18H23NO2. The molecule has 1 atom stereocenters. The lowest BCUT2D eigenvalue weighted by molar-refractivity contribution is -0.120. The molecule has 1 heterocycles. The summed E-state index contributed by atoms with van der Waals surface area (Å²) in [5, 5.41) is 1.16. The standard InChI is InChI=1S/C18H23NO2/c1-13(2)21-18-8-4-6-16-15(18)10-12-19(16)11-9-14-5-3-7-17(14)20/h4,6,8,10,12-14H,3,5,7,9,11H2,1-2H3. The Morgan fingerprint density at radius 3 is 2.90 bits per heavy atom. The van der Waals surface area contributed by atoms with Gasteiger partial charge in [-0.3, -0.25) is 4.79 Å². The third kappa shape index (κ3) is 2.97. The maximum absolute atomic E-state index is 11.7. The van der Waals surface area contributed by atoms with Gasteiger partial charge in [-0.05, 0) is 51.3 Å². The second kappa shape index (κ2) is 5.92. The number of aryl methyl sites for hydroxylation is 1. The van der Waals surface area contributed by atoms with Crippen molar-refractivity contribution in [1.29, 1.82) is 0 Å². The zero-order valence-corrected chi connectivity index (χ0v) is 12.8. The minimum atomic E-state index is 0.176. The van der Waals surface area contributed by atoms with Crippen LogP contribution in [0.4, 0.5) is 0 Å². The molecular weight excluding hydrogens is 262 g/mol. The third-order valence-corrected chi connectivity index (χ3v) is 4.29. The van der Waals surface area contributed by atoms with E-state index in [-0.39, 0.29) is 12.0 Å². The van der Waals surface area contributed by atoms with Gasteiger partial charge in [0.1, 0.15) is 11.5 Å². The topological polar surface area (TPSA) is 31.2 Å². The van der Waals surface area contributed by atoms with Gasteiger partial charge in [-0.1, -0.05) is 6.07 Å². The van der Waals surface area contributed by atoms with Crippen LogP contribution in [0.2, 0.25) is 0 Å². The van der Waals surface area contributed by atoms with Crippen LogP contribution in [0.25, 0.3) is 10.9 Å². The Hall–Kier alpha value is -1.77. The maximum Gasteiger partial charge on any atom is 0.136 e. The second-order valence-electron chi connectivity index (χ2n) is 6.21. The summed E-state index contributed by atoms with van der Waals surface area (Å²) in [6.07, 6.45) is 6.16. The van der Waals surface area contributed by atoms with Crippen molar-refractivity contribution in [3.05, 3.63) is 30.5 Å². The monoisotopic (exact) mass is 285 g/mol. The summed E-state index contributed by atoms with van der Waals surface area (Å²) in [5.74, 6) is 1.67. The van der Waals surface area contributed by atoms with E-state index in [4.69, 9.17) is 4.74 Å². The van der Waals surface area contributed by atoms with E-state index >= 15 is 0 Å². The van der Waals surface area contributed by atoms with Gasteiger partial charge in [0.05, 0.1) is 11.6 Å². The Kier molecular flexibility index (Phi) is 4.00. The van der Waals surface area contributed by atoms with Gasteiger partial charge >= 0.3 is 0 Å². The number of carbonyl (C=O) groups excluding carboxylic acids is 1. The average molecular weight is 285 g/mol. The summed E-state index contributed by atoms with van der Waals surface area (Å²) in [5.41, 5.74) is 1.19. The predicted octanol–water partition coefficient (Wildman–Crippen LogP) is 4.19. The largest absolute Gasteiger partial charge is 0.490 e. The quantitative estimate of drug-likeness (QED) is 0.825. The smallest absolute Gasteiger partial charge is 0.136 e. The fourth-order valence-corrected chi connectivity index (χ4v) is 3.23. The van der Waals surface area contributed by atoms with Crippen molar-refractivity contribution in [2.24, 2.45) is 5.92 Å². The van der Waals surface area contributed by atoms with Crippen molar-refractivity contribution >= 4 is 16.7 Å². The van der Waals surface area contributed by atoms with Crippen LogP contribution in [0.3, 0.4) is 0 Å². The summed E-state index contributed by atoms with van der Waals surface area (Å²) in [7, 11) is 0. The molecule has 1 fully saturated rings. The highest BCUT2D eigenvalue weighted by Gasteiger charge is 2.23. The zero-order valence-electron chi connectivity index (χ0n) is 12.8. The minimum Gasteiger partial charge on any atom is -0.490 e. The van der Waals surface area contributed by atoms with Crippen LogP contribution in [0.15, 0.2) is 30.5 Å². The van der Waals surface area contributed by atoms with E-state index < -0.39 is 0 Å². The van der Waals surface area contributed by atoms with E-state index in [0.717, 1.165) is 43.4 Å². The number of Topliss-reactive ketones (excluding diaryl/α,β-unsaturated/α-hetero) is 1. The fraction of sp³-hybridized carbons (Fsp3) is 0.500. The normalized spacial score (nSPS) is 18.8. The number of rotatable bonds is 5. The lowest BCUT2D eigenvalue weighted by atomic mass is 10.0.